The molecule has 2 N–H and O–H groups in total. The normalized spacial score (nSPS) is 36.9. The van der Waals surface area contributed by atoms with Gasteiger partial charge in [-0.3, -0.25) is 4.79 Å². The van der Waals surface area contributed by atoms with Crippen molar-refractivity contribution in [3.8, 4) is 0 Å². The molecule has 2 bridgehead atoms. The van der Waals surface area contributed by atoms with E-state index in [1.807, 2.05) is 12.1 Å². The van der Waals surface area contributed by atoms with Crippen LogP contribution in [0.25, 0.3) is 0 Å². The van der Waals surface area contributed by atoms with Gasteiger partial charge in [-0.15, -0.1) is 0 Å². The molecule has 2 aliphatic carbocycles. The van der Waals surface area contributed by atoms with Crippen LogP contribution in [0.15, 0.2) is 24.3 Å². The average Bonchev–Trinajstić information content (AvgIpc) is 3.08. The molecule has 0 saturated heterocycles. The Morgan fingerprint density at radius 1 is 1.19 bits per heavy atom. The highest BCUT2D eigenvalue weighted by Crippen LogP contribution is 2.45. The maximum absolute atomic E-state index is 12.8. The summed E-state index contributed by atoms with van der Waals surface area (Å²) < 4.78 is 0. The van der Waals surface area contributed by atoms with Crippen molar-refractivity contribution in [3.63, 3.8) is 0 Å². The lowest BCUT2D eigenvalue weighted by Gasteiger charge is -2.32. The lowest BCUT2D eigenvalue weighted by atomic mass is 9.86. The van der Waals surface area contributed by atoms with Crippen molar-refractivity contribution < 1.29 is 4.79 Å². The van der Waals surface area contributed by atoms with Gasteiger partial charge in [-0.25, -0.2) is 0 Å². The SMILES string of the molecule is CC1CC(C(=O)NC2CC3CCC2C3)c2ccccc2N1. The number of hydrogen-bond acceptors (Lipinski definition) is 2. The maximum Gasteiger partial charge on any atom is 0.227 e. The Hall–Kier alpha value is -1.51. The van der Waals surface area contributed by atoms with Crippen LogP contribution >= 0.6 is 0 Å². The monoisotopic (exact) mass is 284 g/mol. The number of benzene rings is 1. The van der Waals surface area contributed by atoms with E-state index < -0.39 is 0 Å². The van der Waals surface area contributed by atoms with E-state index in [4.69, 9.17) is 0 Å². The van der Waals surface area contributed by atoms with Gasteiger partial charge < -0.3 is 10.6 Å². The molecule has 3 nitrogen and oxygen atoms in total. The van der Waals surface area contributed by atoms with Crippen molar-refractivity contribution in [2.75, 3.05) is 5.32 Å². The predicted octanol–water partition coefficient (Wildman–Crippen LogP) is 3.28. The van der Waals surface area contributed by atoms with Crippen LogP contribution in [0.4, 0.5) is 5.69 Å². The molecule has 0 spiro atoms. The lowest BCUT2D eigenvalue weighted by molar-refractivity contribution is -0.123. The number of carbonyl (C=O) groups excluding carboxylic acids is 1. The van der Waals surface area contributed by atoms with Gasteiger partial charge >= 0.3 is 0 Å². The average molecular weight is 284 g/mol. The summed E-state index contributed by atoms with van der Waals surface area (Å²) in [5.41, 5.74) is 2.29. The van der Waals surface area contributed by atoms with Gasteiger partial charge in [-0.2, -0.15) is 0 Å². The summed E-state index contributed by atoms with van der Waals surface area (Å²) >= 11 is 0. The molecule has 0 aromatic heterocycles. The summed E-state index contributed by atoms with van der Waals surface area (Å²) in [6.45, 7) is 2.16. The molecule has 2 saturated carbocycles. The second-order valence-electron chi connectivity index (χ2n) is 7.21. The molecule has 0 radical (unpaired) electrons. The van der Waals surface area contributed by atoms with Crippen molar-refractivity contribution in [2.45, 2.75) is 57.0 Å². The first-order chi connectivity index (χ1) is 10.2. The standard InChI is InChI=1S/C18H24N2O/c1-11-8-15(14-4-2-3-5-16(14)19-11)18(21)20-17-10-12-6-7-13(17)9-12/h2-5,11-13,15,17,19H,6-10H2,1H3,(H,20,21). The van der Waals surface area contributed by atoms with Gasteiger partial charge in [0.1, 0.15) is 0 Å². The van der Waals surface area contributed by atoms with E-state index in [0.29, 0.717) is 12.1 Å². The third-order valence-electron chi connectivity index (χ3n) is 5.71. The minimum Gasteiger partial charge on any atom is -0.382 e. The lowest BCUT2D eigenvalue weighted by Crippen LogP contribution is -2.43. The molecule has 3 heteroatoms. The zero-order valence-electron chi connectivity index (χ0n) is 12.6. The van der Waals surface area contributed by atoms with Gasteiger partial charge in [0.2, 0.25) is 5.91 Å². The summed E-state index contributed by atoms with van der Waals surface area (Å²) in [5.74, 6) is 1.87. The molecule has 1 aromatic rings. The first-order valence-corrected chi connectivity index (χ1v) is 8.36. The number of carbonyl (C=O) groups is 1. The van der Waals surface area contributed by atoms with Crippen molar-refractivity contribution >= 4 is 11.6 Å². The highest BCUT2D eigenvalue weighted by molar-refractivity contribution is 5.86. The number of anilines is 1. The van der Waals surface area contributed by atoms with Crippen molar-refractivity contribution in [2.24, 2.45) is 11.8 Å². The maximum atomic E-state index is 12.8. The second kappa shape index (κ2) is 5.04. The zero-order valence-corrected chi connectivity index (χ0v) is 12.6. The van der Waals surface area contributed by atoms with E-state index in [-0.39, 0.29) is 11.8 Å². The van der Waals surface area contributed by atoms with E-state index in [0.717, 1.165) is 29.5 Å². The number of hydrogen-bond donors (Lipinski definition) is 2. The predicted molar refractivity (Wildman–Crippen MR) is 84.3 cm³/mol. The van der Waals surface area contributed by atoms with E-state index in [1.165, 1.54) is 25.7 Å². The third-order valence-corrected chi connectivity index (χ3v) is 5.71. The summed E-state index contributed by atoms with van der Waals surface area (Å²) in [7, 11) is 0. The molecule has 4 rings (SSSR count). The largest absolute Gasteiger partial charge is 0.382 e. The van der Waals surface area contributed by atoms with Gasteiger partial charge in [0.15, 0.2) is 0 Å². The van der Waals surface area contributed by atoms with Crippen LogP contribution in [0.2, 0.25) is 0 Å². The molecule has 1 amide bonds. The van der Waals surface area contributed by atoms with Gasteiger partial charge in [-0.05, 0) is 56.1 Å². The minimum atomic E-state index is 0.0107. The van der Waals surface area contributed by atoms with Crippen molar-refractivity contribution in [1.29, 1.82) is 0 Å². The van der Waals surface area contributed by atoms with Gasteiger partial charge in [0.05, 0.1) is 5.92 Å². The summed E-state index contributed by atoms with van der Waals surface area (Å²) in [6.07, 6.45) is 6.13. The Bertz CT molecular complexity index is 556. The summed E-state index contributed by atoms with van der Waals surface area (Å²) in [6, 6.07) is 9.05. The molecule has 1 heterocycles. The first-order valence-electron chi connectivity index (χ1n) is 8.36. The van der Waals surface area contributed by atoms with Crippen molar-refractivity contribution in [3.05, 3.63) is 29.8 Å². The highest BCUT2D eigenvalue weighted by atomic mass is 16.2. The molecule has 3 aliphatic rings. The quantitative estimate of drug-likeness (QED) is 0.875. The minimum absolute atomic E-state index is 0.0107. The molecule has 21 heavy (non-hydrogen) atoms. The van der Waals surface area contributed by atoms with E-state index in [2.05, 4.69) is 29.7 Å². The molecule has 112 valence electrons. The number of nitrogens with one attached hydrogen (secondary N) is 2. The van der Waals surface area contributed by atoms with Gasteiger partial charge in [0.25, 0.3) is 0 Å². The fourth-order valence-corrected chi connectivity index (χ4v) is 4.69. The van der Waals surface area contributed by atoms with Crippen LogP contribution < -0.4 is 10.6 Å². The third kappa shape index (κ3) is 2.33. The van der Waals surface area contributed by atoms with Gasteiger partial charge in [-0.1, -0.05) is 24.6 Å². The van der Waals surface area contributed by atoms with Crippen molar-refractivity contribution in [1.82, 2.24) is 5.32 Å². The zero-order chi connectivity index (χ0) is 14.4. The van der Waals surface area contributed by atoms with E-state index in [9.17, 15) is 4.79 Å². The van der Waals surface area contributed by atoms with Crippen LogP contribution in [-0.2, 0) is 4.79 Å². The number of fused-ring (bicyclic) bond motifs is 3. The van der Waals surface area contributed by atoms with Crippen LogP contribution in [0.1, 0.15) is 50.5 Å². The van der Waals surface area contributed by atoms with Crippen LogP contribution in [0.3, 0.4) is 0 Å². The number of amides is 1. The summed E-state index contributed by atoms with van der Waals surface area (Å²) in [5, 5.41) is 6.86. The highest BCUT2D eigenvalue weighted by Gasteiger charge is 2.41. The number of rotatable bonds is 2. The van der Waals surface area contributed by atoms with E-state index >= 15 is 0 Å². The first kappa shape index (κ1) is 13.2. The Morgan fingerprint density at radius 2 is 2.05 bits per heavy atom. The molecular weight excluding hydrogens is 260 g/mol. The topological polar surface area (TPSA) is 41.1 Å². The van der Waals surface area contributed by atoms with Crippen LogP contribution in [0, 0.1) is 11.8 Å². The Balaban J connectivity index is 1.52. The number of para-hydroxylation sites is 1. The molecule has 5 unspecified atom stereocenters. The molecular formula is C18H24N2O. The second-order valence-corrected chi connectivity index (χ2v) is 7.21. The Morgan fingerprint density at radius 3 is 2.81 bits per heavy atom. The molecule has 5 atom stereocenters. The molecule has 1 aromatic carbocycles. The fraction of sp³-hybridized carbons (Fsp3) is 0.611. The van der Waals surface area contributed by atoms with Gasteiger partial charge in [0, 0.05) is 17.8 Å². The Kier molecular flexibility index (Phi) is 3.16. The van der Waals surface area contributed by atoms with Crippen LogP contribution in [0.5, 0.6) is 0 Å². The van der Waals surface area contributed by atoms with Crippen LogP contribution in [-0.4, -0.2) is 18.0 Å². The summed E-state index contributed by atoms with van der Waals surface area (Å²) in [4.78, 5) is 12.8. The smallest absolute Gasteiger partial charge is 0.227 e. The molecule has 1 aliphatic heterocycles. The molecule has 2 fully saturated rings. The van der Waals surface area contributed by atoms with E-state index in [1.54, 1.807) is 0 Å². The fourth-order valence-electron chi connectivity index (χ4n) is 4.69. The Labute approximate surface area is 126 Å².